The molecule has 0 aliphatic heterocycles. The highest BCUT2D eigenvalue weighted by molar-refractivity contribution is 6.03. The number of benzene rings is 1. The second-order valence-corrected chi connectivity index (χ2v) is 5.20. The quantitative estimate of drug-likeness (QED) is 0.587. The Morgan fingerprint density at radius 2 is 2.00 bits per heavy atom. The number of carbonyl (C=O) groups excluding carboxylic acids is 1. The molecule has 0 saturated carbocycles. The summed E-state index contributed by atoms with van der Waals surface area (Å²) in [6.45, 7) is 1.54. The third-order valence-electron chi connectivity index (χ3n) is 3.65. The number of methoxy groups -OCH3 is 1. The van der Waals surface area contributed by atoms with E-state index in [2.05, 4.69) is 4.98 Å². The molecule has 0 spiro atoms. The number of hydrogen-bond donors (Lipinski definition) is 1. The fourth-order valence-electron chi connectivity index (χ4n) is 2.50. The highest BCUT2D eigenvalue weighted by Gasteiger charge is 2.17. The van der Waals surface area contributed by atoms with Crippen LogP contribution in [0.2, 0.25) is 0 Å². The van der Waals surface area contributed by atoms with E-state index in [1.807, 2.05) is 0 Å². The fraction of sp³-hybridized carbons (Fsp3) is 0.235. The van der Waals surface area contributed by atoms with E-state index in [0.29, 0.717) is 22.3 Å². The summed E-state index contributed by atoms with van der Waals surface area (Å²) < 4.78 is 11.0. The van der Waals surface area contributed by atoms with Crippen molar-refractivity contribution in [2.24, 2.45) is 0 Å². The number of hydrogen-bond acceptors (Lipinski definition) is 6. The van der Waals surface area contributed by atoms with Gasteiger partial charge in [0.1, 0.15) is 16.9 Å². The number of carbonyl (C=O) groups is 1. The molecule has 6 nitrogen and oxygen atoms in total. The van der Waals surface area contributed by atoms with Gasteiger partial charge < -0.3 is 14.3 Å². The molecule has 0 fully saturated rings. The van der Waals surface area contributed by atoms with E-state index in [4.69, 9.17) is 14.3 Å². The van der Waals surface area contributed by atoms with E-state index >= 15 is 0 Å². The van der Waals surface area contributed by atoms with Gasteiger partial charge in [0, 0.05) is 30.4 Å². The van der Waals surface area contributed by atoms with Crippen molar-refractivity contribution in [2.45, 2.75) is 13.3 Å². The van der Waals surface area contributed by atoms with E-state index in [0.717, 1.165) is 5.69 Å². The summed E-state index contributed by atoms with van der Waals surface area (Å²) in [5.74, 6) is 0.0111. The number of aryl methyl sites for hydroxylation is 1. The molecule has 2 aromatic heterocycles. The molecule has 0 bridgehead atoms. The lowest BCUT2D eigenvalue weighted by atomic mass is 10.0. The summed E-state index contributed by atoms with van der Waals surface area (Å²) in [5, 5.41) is 9.58. The minimum atomic E-state index is -0.298. The monoisotopic (exact) mass is 313 g/mol. The van der Waals surface area contributed by atoms with Crippen molar-refractivity contribution >= 4 is 27.7 Å². The number of nitrogens with zero attached hydrogens (tertiary/aromatic N) is 1. The summed E-state index contributed by atoms with van der Waals surface area (Å²) in [4.78, 5) is 28.8. The number of aliphatic hydroxyl groups is 1. The van der Waals surface area contributed by atoms with Crippen LogP contribution in [0.25, 0.3) is 21.9 Å². The molecule has 0 aliphatic carbocycles. The molecule has 0 radical (unpaired) electrons. The first-order valence-electron chi connectivity index (χ1n) is 7.10. The van der Waals surface area contributed by atoms with Crippen molar-refractivity contribution in [3.05, 3.63) is 45.9 Å². The molecule has 6 heteroatoms. The van der Waals surface area contributed by atoms with E-state index in [1.165, 1.54) is 25.4 Å². The third-order valence-corrected chi connectivity index (χ3v) is 3.65. The Hall–Kier alpha value is -2.73. The maximum Gasteiger partial charge on any atom is 0.202 e. The van der Waals surface area contributed by atoms with Gasteiger partial charge in [0.25, 0.3) is 0 Å². The van der Waals surface area contributed by atoms with Gasteiger partial charge >= 0.3 is 0 Å². The van der Waals surface area contributed by atoms with Crippen LogP contribution in [-0.4, -0.2) is 29.6 Å². The van der Waals surface area contributed by atoms with Crippen molar-refractivity contribution in [3.8, 4) is 5.75 Å². The third kappa shape index (κ3) is 2.57. The molecular weight excluding hydrogens is 298 g/mol. The van der Waals surface area contributed by atoms with E-state index in [-0.39, 0.29) is 35.2 Å². The molecule has 23 heavy (non-hydrogen) atoms. The molecule has 3 rings (SSSR count). The summed E-state index contributed by atoms with van der Waals surface area (Å²) in [5.41, 5.74) is 1.51. The zero-order valence-electron chi connectivity index (χ0n) is 12.8. The lowest BCUT2D eigenvalue weighted by molar-refractivity contribution is 0.0954. The molecule has 2 heterocycles. The number of ether oxygens (including phenoxy) is 1. The maximum absolute atomic E-state index is 12.6. The Kier molecular flexibility index (Phi) is 3.83. The van der Waals surface area contributed by atoms with Crippen LogP contribution < -0.4 is 10.2 Å². The topological polar surface area (TPSA) is 89.6 Å². The van der Waals surface area contributed by atoms with Crippen molar-refractivity contribution in [1.82, 2.24) is 4.98 Å². The SMILES string of the molecule is COc1cc2oc3cc(C)ncc3c(=O)c2cc1C(=O)CCO. The maximum atomic E-state index is 12.6. The van der Waals surface area contributed by atoms with Crippen LogP contribution in [0.4, 0.5) is 0 Å². The predicted octanol–water partition coefficient (Wildman–Crippen LogP) is 2.22. The number of rotatable bonds is 4. The number of fused-ring (bicyclic) bond motifs is 2. The van der Waals surface area contributed by atoms with Crippen LogP contribution in [-0.2, 0) is 0 Å². The van der Waals surface area contributed by atoms with E-state index in [9.17, 15) is 9.59 Å². The Bertz CT molecular complexity index is 974. The molecule has 0 unspecified atom stereocenters. The number of pyridine rings is 1. The summed E-state index contributed by atoms with van der Waals surface area (Å²) in [6.07, 6.45) is 1.43. The highest BCUT2D eigenvalue weighted by Crippen LogP contribution is 2.27. The molecule has 3 aromatic rings. The van der Waals surface area contributed by atoms with Crippen LogP contribution in [0.3, 0.4) is 0 Å². The average molecular weight is 313 g/mol. The van der Waals surface area contributed by atoms with Crippen molar-refractivity contribution in [3.63, 3.8) is 0 Å². The molecule has 0 amide bonds. The lowest BCUT2D eigenvalue weighted by Gasteiger charge is -2.09. The second kappa shape index (κ2) is 5.81. The van der Waals surface area contributed by atoms with Crippen LogP contribution >= 0.6 is 0 Å². The zero-order valence-corrected chi connectivity index (χ0v) is 12.8. The van der Waals surface area contributed by atoms with Gasteiger partial charge in [-0.15, -0.1) is 0 Å². The van der Waals surface area contributed by atoms with E-state index in [1.54, 1.807) is 13.0 Å². The molecular formula is C17H15NO5. The van der Waals surface area contributed by atoms with Gasteiger partial charge in [-0.25, -0.2) is 0 Å². The Labute approximate surface area is 131 Å². The van der Waals surface area contributed by atoms with Crippen LogP contribution in [0.1, 0.15) is 22.5 Å². The van der Waals surface area contributed by atoms with Gasteiger partial charge in [0.15, 0.2) is 5.78 Å². The molecule has 118 valence electrons. The van der Waals surface area contributed by atoms with Crippen LogP contribution in [0.5, 0.6) is 5.75 Å². The number of ketones is 1. The molecule has 0 saturated heterocycles. The number of Topliss-reactive ketones (excluding diaryl/α,β-unsaturated/α-hetero) is 1. The van der Waals surface area contributed by atoms with Crippen molar-refractivity contribution < 1.29 is 19.1 Å². The van der Waals surface area contributed by atoms with Crippen LogP contribution in [0, 0.1) is 6.92 Å². The average Bonchev–Trinajstić information content (AvgIpc) is 2.53. The Morgan fingerprint density at radius 3 is 2.70 bits per heavy atom. The van der Waals surface area contributed by atoms with Gasteiger partial charge in [-0.3, -0.25) is 14.6 Å². The van der Waals surface area contributed by atoms with Gasteiger partial charge in [-0.2, -0.15) is 0 Å². The molecule has 1 aromatic carbocycles. The standard InChI is InChI=1S/C17H15NO5/c1-9-5-15-12(8-18-9)17(21)11-6-10(13(20)3-4-19)14(22-2)7-16(11)23-15/h5-8,19H,3-4H2,1-2H3. The predicted molar refractivity (Wildman–Crippen MR) is 85.1 cm³/mol. The number of aliphatic hydroxyl groups excluding tert-OH is 1. The second-order valence-electron chi connectivity index (χ2n) is 5.20. The fourth-order valence-corrected chi connectivity index (χ4v) is 2.50. The van der Waals surface area contributed by atoms with Gasteiger partial charge in [-0.05, 0) is 13.0 Å². The first-order valence-corrected chi connectivity index (χ1v) is 7.10. The minimum absolute atomic E-state index is 0.0401. The summed E-state index contributed by atoms with van der Waals surface area (Å²) in [6, 6.07) is 4.67. The summed E-state index contributed by atoms with van der Waals surface area (Å²) in [7, 11) is 1.43. The lowest BCUT2D eigenvalue weighted by Crippen LogP contribution is -2.08. The molecule has 0 aliphatic rings. The van der Waals surface area contributed by atoms with Gasteiger partial charge in [-0.1, -0.05) is 0 Å². The van der Waals surface area contributed by atoms with Crippen molar-refractivity contribution in [1.29, 1.82) is 0 Å². The molecule has 1 N–H and O–H groups in total. The number of aromatic nitrogens is 1. The Morgan fingerprint density at radius 1 is 1.26 bits per heavy atom. The Balaban J connectivity index is 2.36. The smallest absolute Gasteiger partial charge is 0.202 e. The minimum Gasteiger partial charge on any atom is -0.496 e. The normalized spacial score (nSPS) is 11.1. The van der Waals surface area contributed by atoms with Gasteiger partial charge in [0.05, 0.1) is 30.1 Å². The first-order chi connectivity index (χ1) is 11.0. The van der Waals surface area contributed by atoms with Gasteiger partial charge in [0.2, 0.25) is 5.43 Å². The van der Waals surface area contributed by atoms with E-state index < -0.39 is 0 Å². The highest BCUT2D eigenvalue weighted by atomic mass is 16.5. The summed E-state index contributed by atoms with van der Waals surface area (Å²) >= 11 is 0. The zero-order chi connectivity index (χ0) is 16.6. The largest absolute Gasteiger partial charge is 0.496 e. The first kappa shape index (κ1) is 15.2. The molecule has 0 atom stereocenters. The van der Waals surface area contributed by atoms with Crippen LogP contribution in [0.15, 0.2) is 33.6 Å². The van der Waals surface area contributed by atoms with Crippen molar-refractivity contribution in [2.75, 3.05) is 13.7 Å².